The molecule has 0 aliphatic rings. The Morgan fingerprint density at radius 1 is 1.27 bits per heavy atom. The van der Waals surface area contributed by atoms with E-state index in [2.05, 4.69) is 32.9 Å². The fourth-order valence-electron chi connectivity index (χ4n) is 2.21. The SMILES string of the molecule is CCc1ccccc1C(C(C)=O)C(C)C. The lowest BCUT2D eigenvalue weighted by molar-refractivity contribution is -0.119. The summed E-state index contributed by atoms with van der Waals surface area (Å²) in [5.41, 5.74) is 2.51. The van der Waals surface area contributed by atoms with Crippen LogP contribution in [0.1, 0.15) is 44.7 Å². The maximum Gasteiger partial charge on any atom is 0.137 e. The Balaban J connectivity index is 3.16. The molecule has 15 heavy (non-hydrogen) atoms. The highest BCUT2D eigenvalue weighted by Crippen LogP contribution is 2.28. The van der Waals surface area contributed by atoms with E-state index in [-0.39, 0.29) is 11.7 Å². The highest BCUT2D eigenvalue weighted by molar-refractivity contribution is 5.84. The van der Waals surface area contributed by atoms with Crippen molar-refractivity contribution in [1.82, 2.24) is 0 Å². The standard InChI is InChI=1S/C14H20O/c1-5-12-8-6-7-9-13(12)14(10(2)3)11(4)15/h6-10,14H,5H2,1-4H3. The minimum absolute atomic E-state index is 0.0566. The van der Waals surface area contributed by atoms with E-state index in [0.29, 0.717) is 5.92 Å². The van der Waals surface area contributed by atoms with Crippen LogP contribution in [0.15, 0.2) is 24.3 Å². The third-order valence-corrected chi connectivity index (χ3v) is 2.88. The van der Waals surface area contributed by atoms with Crippen molar-refractivity contribution < 1.29 is 4.79 Å². The summed E-state index contributed by atoms with van der Waals surface area (Å²) >= 11 is 0. The van der Waals surface area contributed by atoms with Crippen LogP contribution in [0.25, 0.3) is 0 Å². The number of Topliss-reactive ketones (excluding diaryl/α,β-unsaturated/α-hetero) is 1. The van der Waals surface area contributed by atoms with Crippen molar-refractivity contribution in [2.45, 2.75) is 40.0 Å². The number of ketones is 1. The summed E-state index contributed by atoms with van der Waals surface area (Å²) in [7, 11) is 0. The van der Waals surface area contributed by atoms with Gasteiger partial charge in [-0.3, -0.25) is 4.79 Å². The van der Waals surface area contributed by atoms with Gasteiger partial charge >= 0.3 is 0 Å². The van der Waals surface area contributed by atoms with Crippen LogP contribution < -0.4 is 0 Å². The number of rotatable bonds is 4. The van der Waals surface area contributed by atoms with Crippen molar-refractivity contribution in [2.24, 2.45) is 5.92 Å². The zero-order valence-corrected chi connectivity index (χ0v) is 10.1. The predicted molar refractivity (Wildman–Crippen MR) is 64.1 cm³/mol. The van der Waals surface area contributed by atoms with E-state index >= 15 is 0 Å². The van der Waals surface area contributed by atoms with E-state index in [1.165, 1.54) is 11.1 Å². The first-order valence-corrected chi connectivity index (χ1v) is 5.66. The van der Waals surface area contributed by atoms with Crippen molar-refractivity contribution in [3.8, 4) is 0 Å². The first-order valence-electron chi connectivity index (χ1n) is 5.66. The molecule has 1 aromatic carbocycles. The Morgan fingerprint density at radius 2 is 1.87 bits per heavy atom. The summed E-state index contributed by atoms with van der Waals surface area (Å²) in [5.74, 6) is 0.697. The van der Waals surface area contributed by atoms with Crippen LogP contribution in [-0.2, 0) is 11.2 Å². The van der Waals surface area contributed by atoms with Gasteiger partial charge in [-0.25, -0.2) is 0 Å². The van der Waals surface area contributed by atoms with E-state index in [1.807, 2.05) is 12.1 Å². The van der Waals surface area contributed by atoms with Gasteiger partial charge in [0.15, 0.2) is 0 Å². The molecule has 0 saturated heterocycles. The van der Waals surface area contributed by atoms with Crippen LogP contribution in [0.4, 0.5) is 0 Å². The molecule has 1 atom stereocenters. The zero-order valence-electron chi connectivity index (χ0n) is 10.1. The largest absolute Gasteiger partial charge is 0.299 e. The van der Waals surface area contributed by atoms with Crippen molar-refractivity contribution in [3.63, 3.8) is 0 Å². The normalized spacial score (nSPS) is 12.9. The quantitative estimate of drug-likeness (QED) is 0.732. The third-order valence-electron chi connectivity index (χ3n) is 2.88. The van der Waals surface area contributed by atoms with Gasteiger partial charge in [0.1, 0.15) is 5.78 Å². The Kier molecular flexibility index (Phi) is 4.07. The fourth-order valence-corrected chi connectivity index (χ4v) is 2.21. The van der Waals surface area contributed by atoms with Gasteiger partial charge in [0.05, 0.1) is 0 Å². The molecule has 0 aromatic heterocycles. The van der Waals surface area contributed by atoms with Crippen molar-refractivity contribution in [2.75, 3.05) is 0 Å². The lowest BCUT2D eigenvalue weighted by Crippen LogP contribution is -2.16. The molecule has 0 bridgehead atoms. The van der Waals surface area contributed by atoms with E-state index in [1.54, 1.807) is 6.92 Å². The average Bonchev–Trinajstić information content (AvgIpc) is 2.17. The van der Waals surface area contributed by atoms with Crippen LogP contribution in [0, 0.1) is 5.92 Å². The van der Waals surface area contributed by atoms with Crippen molar-refractivity contribution in [1.29, 1.82) is 0 Å². The first-order chi connectivity index (χ1) is 7.07. The maximum atomic E-state index is 11.7. The van der Waals surface area contributed by atoms with Gasteiger partial charge in [0, 0.05) is 5.92 Å². The Bertz CT molecular complexity index is 339. The molecule has 0 heterocycles. The van der Waals surface area contributed by atoms with E-state index in [9.17, 15) is 4.79 Å². The monoisotopic (exact) mass is 204 g/mol. The second-order valence-corrected chi connectivity index (χ2v) is 4.38. The van der Waals surface area contributed by atoms with Gasteiger partial charge in [-0.15, -0.1) is 0 Å². The van der Waals surface area contributed by atoms with Crippen molar-refractivity contribution >= 4 is 5.78 Å². The molecule has 0 aliphatic heterocycles. The lowest BCUT2D eigenvalue weighted by atomic mass is 9.82. The summed E-state index contributed by atoms with van der Waals surface area (Å²) in [4.78, 5) is 11.7. The fraction of sp³-hybridized carbons (Fsp3) is 0.500. The molecule has 0 amide bonds. The van der Waals surface area contributed by atoms with Crippen molar-refractivity contribution in [3.05, 3.63) is 35.4 Å². The van der Waals surface area contributed by atoms with Gasteiger partial charge in [0.25, 0.3) is 0 Å². The van der Waals surface area contributed by atoms with Gasteiger partial charge in [-0.2, -0.15) is 0 Å². The molecule has 0 N–H and O–H groups in total. The number of hydrogen-bond donors (Lipinski definition) is 0. The molecule has 82 valence electrons. The Morgan fingerprint density at radius 3 is 2.33 bits per heavy atom. The third kappa shape index (κ3) is 2.68. The van der Waals surface area contributed by atoms with Crippen LogP contribution >= 0.6 is 0 Å². The van der Waals surface area contributed by atoms with E-state index in [0.717, 1.165) is 6.42 Å². The number of carbonyl (C=O) groups is 1. The molecule has 1 nitrogen and oxygen atoms in total. The minimum atomic E-state index is 0.0566. The van der Waals surface area contributed by atoms with Crippen LogP contribution in [0.5, 0.6) is 0 Å². The van der Waals surface area contributed by atoms with Gasteiger partial charge in [0.2, 0.25) is 0 Å². The van der Waals surface area contributed by atoms with Crippen LogP contribution in [0.2, 0.25) is 0 Å². The second kappa shape index (κ2) is 5.11. The van der Waals surface area contributed by atoms with Gasteiger partial charge in [-0.05, 0) is 30.4 Å². The highest BCUT2D eigenvalue weighted by atomic mass is 16.1. The Labute approximate surface area is 92.5 Å². The highest BCUT2D eigenvalue weighted by Gasteiger charge is 2.22. The van der Waals surface area contributed by atoms with E-state index < -0.39 is 0 Å². The molecule has 1 unspecified atom stereocenters. The molecule has 1 heteroatoms. The zero-order chi connectivity index (χ0) is 11.4. The molecule has 1 rings (SSSR count). The molecule has 1 aromatic rings. The number of hydrogen-bond acceptors (Lipinski definition) is 1. The Hall–Kier alpha value is -1.11. The van der Waals surface area contributed by atoms with Crippen LogP contribution in [0.3, 0.4) is 0 Å². The maximum absolute atomic E-state index is 11.7. The molecule has 0 radical (unpaired) electrons. The van der Waals surface area contributed by atoms with Gasteiger partial charge < -0.3 is 0 Å². The molecular weight excluding hydrogens is 184 g/mol. The van der Waals surface area contributed by atoms with Crippen LogP contribution in [-0.4, -0.2) is 5.78 Å². The second-order valence-electron chi connectivity index (χ2n) is 4.38. The van der Waals surface area contributed by atoms with Gasteiger partial charge in [-0.1, -0.05) is 45.0 Å². The summed E-state index contributed by atoms with van der Waals surface area (Å²) in [5, 5.41) is 0. The topological polar surface area (TPSA) is 17.1 Å². The summed E-state index contributed by atoms with van der Waals surface area (Å²) < 4.78 is 0. The summed E-state index contributed by atoms with van der Waals surface area (Å²) in [6.45, 7) is 8.05. The molecular formula is C14H20O. The first kappa shape index (κ1) is 12.0. The average molecular weight is 204 g/mol. The summed E-state index contributed by atoms with van der Waals surface area (Å²) in [6, 6.07) is 8.27. The number of aryl methyl sites for hydroxylation is 1. The lowest BCUT2D eigenvalue weighted by Gasteiger charge is -2.21. The molecule has 0 aliphatic carbocycles. The minimum Gasteiger partial charge on any atom is -0.299 e. The molecule has 0 saturated carbocycles. The smallest absolute Gasteiger partial charge is 0.137 e. The van der Waals surface area contributed by atoms with E-state index in [4.69, 9.17) is 0 Å². The molecule has 0 spiro atoms. The predicted octanol–water partition coefficient (Wildman–Crippen LogP) is 3.58. The molecule has 0 fully saturated rings. The summed E-state index contributed by atoms with van der Waals surface area (Å²) in [6.07, 6.45) is 0.993. The number of benzene rings is 1. The number of carbonyl (C=O) groups excluding carboxylic acids is 1.